The molecule has 1 saturated carbocycles. The molecule has 0 aromatic heterocycles. The Balaban J connectivity index is 1.92. The van der Waals surface area contributed by atoms with Gasteiger partial charge in [0.15, 0.2) is 0 Å². The minimum absolute atomic E-state index is 0.602. The zero-order valence-corrected chi connectivity index (χ0v) is 12.7. The molecule has 0 radical (unpaired) electrons. The summed E-state index contributed by atoms with van der Waals surface area (Å²) >= 11 is 6.08. The van der Waals surface area contributed by atoms with Crippen molar-refractivity contribution in [2.24, 2.45) is 5.92 Å². The second kappa shape index (κ2) is 7.16. The highest BCUT2D eigenvalue weighted by Gasteiger charge is 2.20. The molecule has 0 spiro atoms. The van der Waals surface area contributed by atoms with Crippen LogP contribution in [0, 0.1) is 5.92 Å². The topological polar surface area (TPSA) is 21.3 Å². The first-order valence-corrected chi connectivity index (χ1v) is 7.71. The van der Waals surface area contributed by atoms with E-state index in [0.717, 1.165) is 23.9 Å². The van der Waals surface area contributed by atoms with Crippen molar-refractivity contribution in [1.82, 2.24) is 5.32 Å². The van der Waals surface area contributed by atoms with Gasteiger partial charge < -0.3 is 10.1 Å². The van der Waals surface area contributed by atoms with Crippen LogP contribution < -0.4 is 10.1 Å². The SMILES string of the molecule is CCCC(C)COc1ccc(Cl)cc1CNC1CC1. The van der Waals surface area contributed by atoms with Gasteiger partial charge in [0, 0.05) is 23.2 Å². The lowest BCUT2D eigenvalue weighted by Crippen LogP contribution is -2.17. The van der Waals surface area contributed by atoms with Crippen molar-refractivity contribution in [3.05, 3.63) is 28.8 Å². The van der Waals surface area contributed by atoms with Crippen molar-refractivity contribution in [3.63, 3.8) is 0 Å². The Morgan fingerprint density at radius 2 is 2.21 bits per heavy atom. The summed E-state index contributed by atoms with van der Waals surface area (Å²) in [6, 6.07) is 6.61. The molecule has 2 rings (SSSR count). The van der Waals surface area contributed by atoms with Gasteiger partial charge in [-0.3, -0.25) is 0 Å². The van der Waals surface area contributed by atoms with Gasteiger partial charge in [0.05, 0.1) is 6.61 Å². The summed E-state index contributed by atoms with van der Waals surface area (Å²) in [6.45, 7) is 6.08. The van der Waals surface area contributed by atoms with Crippen LogP contribution in [0.2, 0.25) is 5.02 Å². The first-order chi connectivity index (χ1) is 9.19. The summed E-state index contributed by atoms with van der Waals surface area (Å²) in [6.07, 6.45) is 5.01. The van der Waals surface area contributed by atoms with Crippen LogP contribution in [0.15, 0.2) is 18.2 Å². The van der Waals surface area contributed by atoms with E-state index in [9.17, 15) is 0 Å². The Labute approximate surface area is 121 Å². The minimum atomic E-state index is 0.602. The number of hydrogen-bond donors (Lipinski definition) is 1. The molecule has 106 valence electrons. The molecule has 0 saturated heterocycles. The van der Waals surface area contributed by atoms with Gasteiger partial charge in [-0.2, -0.15) is 0 Å². The van der Waals surface area contributed by atoms with Crippen molar-refractivity contribution in [3.8, 4) is 5.75 Å². The minimum Gasteiger partial charge on any atom is -0.493 e. The molecule has 0 aliphatic heterocycles. The fourth-order valence-electron chi connectivity index (χ4n) is 2.18. The molecule has 2 nitrogen and oxygen atoms in total. The standard InChI is InChI=1S/C16H24ClNO/c1-3-4-12(2)11-19-16-8-5-14(17)9-13(16)10-18-15-6-7-15/h5,8-9,12,15,18H,3-4,6-7,10-11H2,1-2H3. The number of benzene rings is 1. The van der Waals surface area contributed by atoms with E-state index in [1.165, 1.54) is 31.2 Å². The Hall–Kier alpha value is -0.730. The molecule has 1 fully saturated rings. The van der Waals surface area contributed by atoms with Crippen molar-refractivity contribution in [2.75, 3.05) is 6.61 Å². The molecule has 0 amide bonds. The molecule has 1 aromatic rings. The van der Waals surface area contributed by atoms with Gasteiger partial charge in [-0.05, 0) is 43.4 Å². The zero-order chi connectivity index (χ0) is 13.7. The second-order valence-corrected chi connectivity index (χ2v) is 6.05. The molecule has 0 bridgehead atoms. The van der Waals surface area contributed by atoms with Crippen LogP contribution in [-0.2, 0) is 6.54 Å². The summed E-state index contributed by atoms with van der Waals surface area (Å²) in [7, 11) is 0. The summed E-state index contributed by atoms with van der Waals surface area (Å²) in [5, 5.41) is 4.29. The number of hydrogen-bond acceptors (Lipinski definition) is 2. The third kappa shape index (κ3) is 5.04. The predicted molar refractivity (Wildman–Crippen MR) is 80.9 cm³/mol. The predicted octanol–water partition coefficient (Wildman–Crippen LogP) is 4.41. The van der Waals surface area contributed by atoms with Crippen LogP contribution in [-0.4, -0.2) is 12.6 Å². The lowest BCUT2D eigenvalue weighted by atomic mass is 10.1. The smallest absolute Gasteiger partial charge is 0.123 e. The van der Waals surface area contributed by atoms with E-state index in [-0.39, 0.29) is 0 Å². The van der Waals surface area contributed by atoms with Gasteiger partial charge in [0.2, 0.25) is 0 Å². The van der Waals surface area contributed by atoms with E-state index >= 15 is 0 Å². The molecule has 3 heteroatoms. The van der Waals surface area contributed by atoms with Crippen molar-refractivity contribution >= 4 is 11.6 Å². The van der Waals surface area contributed by atoms with Crippen LogP contribution in [0.3, 0.4) is 0 Å². The van der Waals surface area contributed by atoms with Gasteiger partial charge in [0.1, 0.15) is 5.75 Å². The molecular weight excluding hydrogens is 258 g/mol. The van der Waals surface area contributed by atoms with Gasteiger partial charge in [-0.1, -0.05) is 31.9 Å². The summed E-state index contributed by atoms with van der Waals surface area (Å²) < 4.78 is 5.96. The average molecular weight is 282 g/mol. The van der Waals surface area contributed by atoms with Crippen molar-refractivity contribution in [1.29, 1.82) is 0 Å². The van der Waals surface area contributed by atoms with E-state index in [1.807, 2.05) is 18.2 Å². The first kappa shape index (κ1) is 14.7. The summed E-state index contributed by atoms with van der Waals surface area (Å²) in [5.74, 6) is 1.57. The van der Waals surface area contributed by atoms with Gasteiger partial charge >= 0.3 is 0 Å². The number of halogens is 1. The molecule has 1 atom stereocenters. The maximum absolute atomic E-state index is 6.08. The quantitative estimate of drug-likeness (QED) is 0.762. The molecule has 1 aromatic carbocycles. The molecular formula is C16H24ClNO. The van der Waals surface area contributed by atoms with Crippen molar-refractivity contribution < 1.29 is 4.74 Å². The van der Waals surface area contributed by atoms with Crippen LogP contribution in [0.5, 0.6) is 5.75 Å². The number of rotatable bonds is 8. The van der Waals surface area contributed by atoms with E-state index in [1.54, 1.807) is 0 Å². The third-order valence-corrected chi connectivity index (χ3v) is 3.72. The highest BCUT2D eigenvalue weighted by molar-refractivity contribution is 6.30. The molecule has 1 unspecified atom stereocenters. The van der Waals surface area contributed by atoms with E-state index in [4.69, 9.17) is 16.3 Å². The van der Waals surface area contributed by atoms with Crippen LogP contribution in [0.25, 0.3) is 0 Å². The Kier molecular flexibility index (Phi) is 5.53. The normalized spacial score (nSPS) is 16.4. The number of nitrogens with one attached hydrogen (secondary N) is 1. The summed E-state index contributed by atoms with van der Waals surface area (Å²) in [4.78, 5) is 0. The molecule has 1 aliphatic rings. The Morgan fingerprint density at radius 3 is 2.89 bits per heavy atom. The lowest BCUT2D eigenvalue weighted by Gasteiger charge is -2.15. The van der Waals surface area contributed by atoms with Crippen molar-refractivity contribution in [2.45, 2.75) is 52.1 Å². The van der Waals surface area contributed by atoms with Gasteiger partial charge in [-0.25, -0.2) is 0 Å². The van der Waals surface area contributed by atoms with E-state index in [0.29, 0.717) is 12.0 Å². The Bertz CT molecular complexity index is 404. The molecule has 1 aliphatic carbocycles. The lowest BCUT2D eigenvalue weighted by molar-refractivity contribution is 0.249. The van der Waals surface area contributed by atoms with Crippen LogP contribution >= 0.6 is 11.6 Å². The maximum atomic E-state index is 6.08. The highest BCUT2D eigenvalue weighted by atomic mass is 35.5. The highest BCUT2D eigenvalue weighted by Crippen LogP contribution is 2.26. The molecule has 19 heavy (non-hydrogen) atoms. The van der Waals surface area contributed by atoms with Crippen LogP contribution in [0.1, 0.15) is 45.1 Å². The largest absolute Gasteiger partial charge is 0.493 e. The number of ether oxygens (including phenoxy) is 1. The Morgan fingerprint density at radius 1 is 1.42 bits per heavy atom. The van der Waals surface area contributed by atoms with E-state index in [2.05, 4.69) is 19.2 Å². The fraction of sp³-hybridized carbons (Fsp3) is 0.625. The maximum Gasteiger partial charge on any atom is 0.123 e. The third-order valence-electron chi connectivity index (χ3n) is 3.49. The molecule has 1 N–H and O–H groups in total. The summed E-state index contributed by atoms with van der Waals surface area (Å²) in [5.41, 5.74) is 1.17. The monoisotopic (exact) mass is 281 g/mol. The fourth-order valence-corrected chi connectivity index (χ4v) is 2.37. The van der Waals surface area contributed by atoms with Crippen LogP contribution in [0.4, 0.5) is 0 Å². The van der Waals surface area contributed by atoms with Gasteiger partial charge in [0.25, 0.3) is 0 Å². The first-order valence-electron chi connectivity index (χ1n) is 7.33. The van der Waals surface area contributed by atoms with Gasteiger partial charge in [-0.15, -0.1) is 0 Å². The average Bonchev–Trinajstić information content (AvgIpc) is 3.19. The van der Waals surface area contributed by atoms with E-state index < -0.39 is 0 Å². The second-order valence-electron chi connectivity index (χ2n) is 5.61. The molecule has 0 heterocycles. The zero-order valence-electron chi connectivity index (χ0n) is 11.9.